The van der Waals surface area contributed by atoms with Crippen LogP contribution in [0.1, 0.15) is 11.1 Å². The Bertz CT molecular complexity index is 1160. The second-order valence-corrected chi connectivity index (χ2v) is 7.41. The van der Waals surface area contributed by atoms with Gasteiger partial charge in [-0.3, -0.25) is 0 Å². The number of rotatable bonds is 5. The Morgan fingerprint density at radius 2 is 1.62 bits per heavy atom. The first kappa shape index (κ1) is 21.7. The Morgan fingerprint density at radius 3 is 2.28 bits per heavy atom. The molecular weight excluding hydrogens is 421 g/mol. The summed E-state index contributed by atoms with van der Waals surface area (Å²) in [6, 6.07) is 13.9. The van der Waals surface area contributed by atoms with Crippen molar-refractivity contribution in [1.29, 1.82) is 0 Å². The van der Waals surface area contributed by atoms with Crippen molar-refractivity contribution in [3.63, 3.8) is 0 Å². The summed E-state index contributed by atoms with van der Waals surface area (Å²) in [6.07, 6.45) is 0. The Balaban J connectivity index is 1.59. The molecule has 0 unspecified atom stereocenters. The lowest BCUT2D eigenvalue weighted by atomic mass is 10.0. The minimum atomic E-state index is -1.51. The summed E-state index contributed by atoms with van der Waals surface area (Å²) in [5, 5.41) is 4.41. The van der Waals surface area contributed by atoms with E-state index < -0.39 is 17.5 Å². The molecule has 0 aliphatic carbocycles. The van der Waals surface area contributed by atoms with Crippen molar-refractivity contribution in [1.82, 2.24) is 15.7 Å². The summed E-state index contributed by atoms with van der Waals surface area (Å²) in [5.41, 5.74) is 6.00. The van der Waals surface area contributed by atoms with Crippen LogP contribution in [0.5, 0.6) is 5.75 Å². The number of hydrogen-bond acceptors (Lipinski definition) is 4. The second kappa shape index (κ2) is 8.52. The van der Waals surface area contributed by atoms with E-state index in [0.717, 1.165) is 23.3 Å². The molecule has 3 aromatic carbocycles. The van der Waals surface area contributed by atoms with Gasteiger partial charge in [-0.1, -0.05) is 24.3 Å². The van der Waals surface area contributed by atoms with Gasteiger partial charge in [0.1, 0.15) is 12.4 Å². The van der Waals surface area contributed by atoms with Gasteiger partial charge in [0.15, 0.2) is 17.5 Å². The predicted octanol–water partition coefficient (Wildman–Crippen LogP) is 4.80. The minimum Gasteiger partial charge on any atom is -0.489 e. The highest BCUT2D eigenvalue weighted by Crippen LogP contribution is 2.30. The molecule has 1 heterocycles. The Labute approximate surface area is 183 Å². The number of ether oxygens (including phenoxy) is 1. The Hall–Kier alpha value is -3.56. The van der Waals surface area contributed by atoms with Crippen LogP contribution in [0, 0.1) is 24.4 Å². The fourth-order valence-electron chi connectivity index (χ4n) is 3.41. The molecule has 1 aliphatic heterocycles. The monoisotopic (exact) mass is 442 g/mol. The van der Waals surface area contributed by atoms with Crippen LogP contribution < -0.4 is 15.3 Å². The number of benzene rings is 3. The average Bonchev–Trinajstić information content (AvgIpc) is 3.03. The third-order valence-electron chi connectivity index (χ3n) is 5.32. The highest BCUT2D eigenvalue weighted by atomic mass is 19.2. The fraction of sp³-hybridized carbons (Fsp3) is 0.174. The maximum atomic E-state index is 13.6. The van der Waals surface area contributed by atoms with Gasteiger partial charge >= 0.3 is 6.03 Å². The Kier molecular flexibility index (Phi) is 5.77. The number of hydrazine groups is 3. The molecule has 0 atom stereocenters. The fourth-order valence-corrected chi connectivity index (χ4v) is 3.41. The van der Waals surface area contributed by atoms with Crippen molar-refractivity contribution in [3.8, 4) is 16.9 Å². The number of urea groups is 1. The topological polar surface area (TPSA) is 48.0 Å². The SMILES string of the molecule is Cc1cccc(N2NN(C)N(C)C2=O)c1COc1cccc(-c2cc(F)c(F)c(F)c2)c1. The Morgan fingerprint density at radius 1 is 0.938 bits per heavy atom. The summed E-state index contributed by atoms with van der Waals surface area (Å²) in [4.78, 5) is 12.6. The maximum absolute atomic E-state index is 13.6. The van der Waals surface area contributed by atoms with Crippen molar-refractivity contribution in [2.45, 2.75) is 13.5 Å². The first-order chi connectivity index (χ1) is 15.3. The highest BCUT2D eigenvalue weighted by Gasteiger charge is 2.33. The van der Waals surface area contributed by atoms with Crippen molar-refractivity contribution in [2.24, 2.45) is 0 Å². The molecule has 1 fully saturated rings. The maximum Gasteiger partial charge on any atom is 0.355 e. The quantitative estimate of drug-likeness (QED) is 0.577. The smallest absolute Gasteiger partial charge is 0.355 e. The minimum absolute atomic E-state index is 0.149. The van der Waals surface area contributed by atoms with E-state index in [4.69, 9.17) is 4.74 Å². The third kappa shape index (κ3) is 4.00. The molecule has 3 aromatic rings. The van der Waals surface area contributed by atoms with E-state index in [9.17, 15) is 18.0 Å². The molecule has 0 spiro atoms. The number of nitrogens with one attached hydrogen (secondary N) is 1. The van der Waals surface area contributed by atoms with Gasteiger partial charge in [0, 0.05) is 19.7 Å². The number of halogens is 3. The second-order valence-electron chi connectivity index (χ2n) is 7.41. The molecule has 1 N–H and O–H groups in total. The zero-order valence-electron chi connectivity index (χ0n) is 17.7. The first-order valence-corrected chi connectivity index (χ1v) is 9.80. The van der Waals surface area contributed by atoms with Gasteiger partial charge in [-0.15, -0.1) is 10.7 Å². The number of aryl methyl sites for hydroxylation is 1. The van der Waals surface area contributed by atoms with Gasteiger partial charge in [0.2, 0.25) is 0 Å². The van der Waals surface area contributed by atoms with Crippen LogP contribution in [0.15, 0.2) is 54.6 Å². The molecule has 6 nitrogen and oxygen atoms in total. The first-order valence-electron chi connectivity index (χ1n) is 9.80. The van der Waals surface area contributed by atoms with Crippen molar-refractivity contribution < 1.29 is 22.7 Å². The van der Waals surface area contributed by atoms with E-state index in [2.05, 4.69) is 5.53 Å². The van der Waals surface area contributed by atoms with Crippen molar-refractivity contribution in [3.05, 3.63) is 83.2 Å². The van der Waals surface area contributed by atoms with Gasteiger partial charge in [0.25, 0.3) is 0 Å². The molecule has 1 saturated heterocycles. The van der Waals surface area contributed by atoms with E-state index in [0.29, 0.717) is 17.0 Å². The van der Waals surface area contributed by atoms with Crippen LogP contribution in [0.2, 0.25) is 0 Å². The zero-order valence-corrected chi connectivity index (χ0v) is 17.7. The van der Waals surface area contributed by atoms with Gasteiger partial charge in [-0.05, 0) is 53.9 Å². The molecule has 32 heavy (non-hydrogen) atoms. The zero-order chi connectivity index (χ0) is 23.0. The number of carbonyl (C=O) groups excluding carboxylic acids is 1. The van der Waals surface area contributed by atoms with E-state index in [1.54, 1.807) is 43.5 Å². The molecule has 9 heteroatoms. The van der Waals surface area contributed by atoms with Crippen LogP contribution in [0.3, 0.4) is 0 Å². The van der Waals surface area contributed by atoms with E-state index in [1.807, 2.05) is 25.1 Å². The van der Waals surface area contributed by atoms with E-state index in [-0.39, 0.29) is 18.2 Å². The lowest BCUT2D eigenvalue weighted by Gasteiger charge is -2.20. The standard InChI is InChI=1S/C23H21F3N4O2/c1-14-6-4-9-21(30-23(31)28(2)29(3)27-30)18(14)13-32-17-8-5-7-15(10-17)16-11-19(24)22(26)20(25)12-16/h4-12,27H,13H2,1-3H3. The molecule has 1 aliphatic rings. The van der Waals surface area contributed by atoms with Crippen molar-refractivity contribution >= 4 is 11.7 Å². The van der Waals surface area contributed by atoms with Gasteiger partial charge in [-0.2, -0.15) is 0 Å². The molecule has 0 aromatic heterocycles. The number of carbonyl (C=O) groups is 1. The number of anilines is 1. The van der Waals surface area contributed by atoms with Crippen LogP contribution in [-0.4, -0.2) is 30.3 Å². The lowest BCUT2D eigenvalue weighted by Crippen LogP contribution is -2.39. The summed E-state index contributed by atoms with van der Waals surface area (Å²) >= 11 is 0. The summed E-state index contributed by atoms with van der Waals surface area (Å²) < 4.78 is 46.5. The highest BCUT2D eigenvalue weighted by molar-refractivity contribution is 5.92. The number of nitrogens with zero attached hydrogens (tertiary/aromatic N) is 3. The van der Waals surface area contributed by atoms with E-state index >= 15 is 0 Å². The largest absolute Gasteiger partial charge is 0.489 e. The van der Waals surface area contributed by atoms with E-state index in [1.165, 1.54) is 10.0 Å². The molecule has 2 amide bonds. The lowest BCUT2D eigenvalue weighted by molar-refractivity contribution is 0.0652. The number of hydrogen-bond donors (Lipinski definition) is 1. The molecule has 4 rings (SSSR count). The molecule has 0 saturated carbocycles. The summed E-state index contributed by atoms with van der Waals surface area (Å²) in [6.45, 7) is 2.06. The van der Waals surface area contributed by atoms with Crippen LogP contribution >= 0.6 is 0 Å². The van der Waals surface area contributed by atoms with Crippen molar-refractivity contribution in [2.75, 3.05) is 19.1 Å². The number of amides is 2. The molecule has 166 valence electrons. The molecule has 0 bridgehead atoms. The normalized spacial score (nSPS) is 14.4. The predicted molar refractivity (Wildman–Crippen MR) is 114 cm³/mol. The summed E-state index contributed by atoms with van der Waals surface area (Å²) in [7, 11) is 3.37. The van der Waals surface area contributed by atoms with Gasteiger partial charge in [0.05, 0.1) is 5.69 Å². The molecule has 0 radical (unpaired) electrons. The van der Waals surface area contributed by atoms with Crippen LogP contribution in [0.25, 0.3) is 11.1 Å². The van der Waals surface area contributed by atoms with Gasteiger partial charge < -0.3 is 4.74 Å². The molecular formula is C23H21F3N4O2. The van der Waals surface area contributed by atoms with Crippen LogP contribution in [0.4, 0.5) is 23.7 Å². The van der Waals surface area contributed by atoms with Crippen LogP contribution in [-0.2, 0) is 6.61 Å². The average molecular weight is 442 g/mol. The third-order valence-corrected chi connectivity index (χ3v) is 5.32. The summed E-state index contributed by atoms with van der Waals surface area (Å²) in [5.74, 6) is -3.56. The van der Waals surface area contributed by atoms with Gasteiger partial charge in [-0.25, -0.2) is 28.0 Å².